The van der Waals surface area contributed by atoms with E-state index in [1.807, 2.05) is 0 Å². The predicted molar refractivity (Wildman–Crippen MR) is 172 cm³/mol. The smallest absolute Gasteiger partial charge is 0.0136 e. The van der Waals surface area contributed by atoms with Gasteiger partial charge in [0.15, 0.2) is 0 Å². The number of benzene rings is 3. The fourth-order valence-corrected chi connectivity index (χ4v) is 8.17. The van der Waals surface area contributed by atoms with Gasteiger partial charge in [-0.1, -0.05) is 104 Å². The van der Waals surface area contributed by atoms with Crippen LogP contribution in [0.4, 0.5) is 0 Å². The number of hydrogen-bond acceptors (Lipinski definition) is 0. The maximum Gasteiger partial charge on any atom is 0.0136 e. The van der Waals surface area contributed by atoms with Gasteiger partial charge < -0.3 is 0 Å². The van der Waals surface area contributed by atoms with Crippen LogP contribution in [-0.4, -0.2) is 0 Å². The third-order valence-electron chi connectivity index (χ3n) is 9.84. The van der Waals surface area contributed by atoms with Gasteiger partial charge in [-0.15, -0.1) is 0 Å². The Hall–Kier alpha value is -3.90. The molecule has 196 valence electrons. The molecule has 0 fully saturated rings. The third kappa shape index (κ3) is 3.58. The minimum atomic E-state index is 0.469. The molecule has 1 atom stereocenters. The predicted octanol–water partition coefficient (Wildman–Crippen LogP) is 9.01. The van der Waals surface area contributed by atoms with Crippen molar-refractivity contribution in [3.05, 3.63) is 134 Å². The average Bonchev–Trinajstić information content (AvgIpc) is 3.02. The zero-order valence-corrected chi connectivity index (χ0v) is 23.5. The first-order valence-electron chi connectivity index (χ1n) is 15.4. The summed E-state index contributed by atoms with van der Waals surface area (Å²) in [6.07, 6.45) is 28.5. The Morgan fingerprint density at radius 3 is 2.33 bits per heavy atom. The molecule has 3 aromatic carbocycles. The molecule has 0 heteroatoms. The van der Waals surface area contributed by atoms with E-state index in [4.69, 9.17) is 0 Å². The maximum absolute atomic E-state index is 2.58. The summed E-state index contributed by atoms with van der Waals surface area (Å²) in [5.41, 5.74) is 15.2. The van der Waals surface area contributed by atoms with Gasteiger partial charge in [-0.2, -0.15) is 0 Å². The molecule has 0 spiro atoms. The standard InChI is InChI=1S/C40H36/c1-2-28-29-16-7-6-15-27(29)25-38-30-21-12-22-33(32(30)24-23-31(28)38)40-36-19-10-8-17-34(36)39(26-13-4-3-5-14-26)35-18-9-11-20-37(35)40/h3-4,6-8,10,13,15-21,23-24,38H,2,5,9,11-12,14,22,25H2,1H3. The third-order valence-corrected chi connectivity index (χ3v) is 9.84. The molecular weight excluding hydrogens is 480 g/mol. The van der Waals surface area contributed by atoms with Gasteiger partial charge in [-0.25, -0.2) is 0 Å². The first-order valence-corrected chi connectivity index (χ1v) is 15.4. The fourth-order valence-electron chi connectivity index (χ4n) is 8.17. The van der Waals surface area contributed by atoms with Gasteiger partial charge in [0.05, 0.1) is 0 Å². The number of fused-ring (bicyclic) bond motifs is 6. The van der Waals surface area contributed by atoms with E-state index in [2.05, 4.69) is 104 Å². The van der Waals surface area contributed by atoms with Crippen LogP contribution in [0.2, 0.25) is 0 Å². The topological polar surface area (TPSA) is 0 Å². The van der Waals surface area contributed by atoms with Crippen LogP contribution in [0.1, 0.15) is 74.1 Å². The molecule has 0 aliphatic heterocycles. The number of rotatable bonds is 3. The van der Waals surface area contributed by atoms with E-state index in [1.165, 1.54) is 54.6 Å². The summed E-state index contributed by atoms with van der Waals surface area (Å²) in [6, 6.07) is 18.4. The van der Waals surface area contributed by atoms with Crippen LogP contribution >= 0.6 is 0 Å². The van der Waals surface area contributed by atoms with Crippen molar-refractivity contribution in [2.45, 2.75) is 58.3 Å². The molecule has 0 nitrogen and oxygen atoms in total. The van der Waals surface area contributed by atoms with Crippen molar-refractivity contribution >= 4 is 39.6 Å². The quantitative estimate of drug-likeness (QED) is 0.326. The summed E-state index contributed by atoms with van der Waals surface area (Å²) in [5.74, 6) is 0.469. The van der Waals surface area contributed by atoms with Gasteiger partial charge in [-0.05, 0) is 128 Å². The summed E-state index contributed by atoms with van der Waals surface area (Å²) < 4.78 is 0. The van der Waals surface area contributed by atoms with Gasteiger partial charge in [0.25, 0.3) is 0 Å². The Labute approximate surface area is 237 Å². The Balaban J connectivity index is 1.41. The van der Waals surface area contributed by atoms with Gasteiger partial charge in [0.1, 0.15) is 0 Å². The summed E-state index contributed by atoms with van der Waals surface area (Å²) in [5, 5.41) is 5.82. The second kappa shape index (κ2) is 9.63. The summed E-state index contributed by atoms with van der Waals surface area (Å²) in [4.78, 5) is 0. The van der Waals surface area contributed by atoms with E-state index in [0.29, 0.717) is 5.92 Å². The van der Waals surface area contributed by atoms with Crippen molar-refractivity contribution in [3.8, 4) is 0 Å². The van der Waals surface area contributed by atoms with Crippen molar-refractivity contribution in [2.24, 2.45) is 5.92 Å². The molecule has 3 aromatic rings. The van der Waals surface area contributed by atoms with Crippen LogP contribution in [0.3, 0.4) is 0 Å². The second-order valence-corrected chi connectivity index (χ2v) is 11.9. The van der Waals surface area contributed by atoms with Crippen LogP contribution in [0.15, 0.2) is 102 Å². The SMILES string of the molecule is CCC1=C2C=CC3=C(c4c5c(c(C6=CC=CCC6)c6ccccc46)=CCCC=5)CCC=C3C2Cc2ccccc21. The van der Waals surface area contributed by atoms with E-state index < -0.39 is 0 Å². The van der Waals surface area contributed by atoms with Gasteiger partial charge in [0.2, 0.25) is 0 Å². The number of hydrogen-bond donors (Lipinski definition) is 0. The molecule has 5 aliphatic carbocycles. The highest BCUT2D eigenvalue weighted by Gasteiger charge is 2.33. The zero-order valence-electron chi connectivity index (χ0n) is 23.5. The van der Waals surface area contributed by atoms with E-state index in [9.17, 15) is 0 Å². The van der Waals surface area contributed by atoms with Crippen molar-refractivity contribution < 1.29 is 0 Å². The first kappa shape index (κ1) is 23.9. The molecule has 0 amide bonds. The highest BCUT2D eigenvalue weighted by molar-refractivity contribution is 6.03. The van der Waals surface area contributed by atoms with Crippen molar-refractivity contribution in [2.75, 3.05) is 0 Å². The zero-order chi connectivity index (χ0) is 26.6. The lowest BCUT2D eigenvalue weighted by atomic mass is 9.67. The largest absolute Gasteiger partial charge is 0.0842 e. The van der Waals surface area contributed by atoms with Gasteiger partial charge in [-0.3, -0.25) is 0 Å². The summed E-state index contributed by atoms with van der Waals surface area (Å²) >= 11 is 0. The monoisotopic (exact) mass is 516 g/mol. The molecule has 0 N–H and O–H groups in total. The second-order valence-electron chi connectivity index (χ2n) is 11.9. The fraction of sp³-hybridized carbons (Fsp3) is 0.250. The molecule has 5 aliphatic rings. The maximum atomic E-state index is 2.58. The van der Waals surface area contributed by atoms with Gasteiger partial charge in [0, 0.05) is 5.92 Å². The molecule has 1 unspecified atom stereocenters. The average molecular weight is 517 g/mol. The molecule has 8 rings (SSSR count). The molecule has 0 saturated carbocycles. The molecule has 40 heavy (non-hydrogen) atoms. The Morgan fingerprint density at radius 1 is 0.750 bits per heavy atom. The Bertz CT molecular complexity index is 1890. The molecule has 0 bridgehead atoms. The lowest BCUT2D eigenvalue weighted by molar-refractivity contribution is 0.700. The lowest BCUT2D eigenvalue weighted by Crippen LogP contribution is -2.35. The van der Waals surface area contributed by atoms with Crippen LogP contribution in [0.5, 0.6) is 0 Å². The van der Waals surface area contributed by atoms with E-state index >= 15 is 0 Å². The minimum absolute atomic E-state index is 0.469. The normalized spacial score (nSPS) is 21.1. The van der Waals surface area contributed by atoms with Crippen LogP contribution < -0.4 is 10.4 Å². The Kier molecular flexibility index (Phi) is 5.76. The van der Waals surface area contributed by atoms with Crippen LogP contribution in [0.25, 0.3) is 39.6 Å². The van der Waals surface area contributed by atoms with Crippen molar-refractivity contribution in [1.29, 1.82) is 0 Å². The minimum Gasteiger partial charge on any atom is -0.0842 e. The van der Waals surface area contributed by atoms with Crippen LogP contribution in [-0.2, 0) is 6.42 Å². The van der Waals surface area contributed by atoms with Gasteiger partial charge >= 0.3 is 0 Å². The van der Waals surface area contributed by atoms with E-state index in [0.717, 1.165) is 51.4 Å². The molecular formula is C40H36. The molecule has 0 aromatic heterocycles. The van der Waals surface area contributed by atoms with E-state index in [1.54, 1.807) is 22.3 Å². The van der Waals surface area contributed by atoms with Crippen molar-refractivity contribution in [3.63, 3.8) is 0 Å². The first-order chi connectivity index (χ1) is 19.8. The summed E-state index contributed by atoms with van der Waals surface area (Å²) in [6.45, 7) is 2.32. The van der Waals surface area contributed by atoms with Crippen LogP contribution in [0, 0.1) is 5.92 Å². The highest BCUT2D eigenvalue weighted by Crippen LogP contribution is 2.49. The summed E-state index contributed by atoms with van der Waals surface area (Å²) in [7, 11) is 0. The van der Waals surface area contributed by atoms with Crippen molar-refractivity contribution in [1.82, 2.24) is 0 Å². The van der Waals surface area contributed by atoms with E-state index in [-0.39, 0.29) is 0 Å². The highest BCUT2D eigenvalue weighted by atomic mass is 14.4. The number of allylic oxidation sites excluding steroid dienone is 12. The lowest BCUT2D eigenvalue weighted by Gasteiger charge is -2.37. The molecule has 0 radical (unpaired) electrons. The molecule has 0 saturated heterocycles. The molecule has 0 heterocycles. The Morgan fingerprint density at radius 2 is 1.52 bits per heavy atom.